The number of pyridine rings is 1. The molecule has 0 aliphatic heterocycles. The molecule has 0 bridgehead atoms. The molecule has 0 aliphatic rings. The first-order valence-corrected chi connectivity index (χ1v) is 7.66. The van der Waals surface area contributed by atoms with Gasteiger partial charge in [-0.25, -0.2) is 4.39 Å². The summed E-state index contributed by atoms with van der Waals surface area (Å²) >= 11 is 5.81. The molecule has 0 N–H and O–H groups in total. The molecule has 5 heteroatoms. The summed E-state index contributed by atoms with van der Waals surface area (Å²) in [7, 11) is 0. The third-order valence-electron chi connectivity index (χ3n) is 3.31. The van der Waals surface area contributed by atoms with Gasteiger partial charge < -0.3 is 9.47 Å². The summed E-state index contributed by atoms with van der Waals surface area (Å²) in [5, 5.41) is 1.14. The molecule has 0 radical (unpaired) electrons. The minimum absolute atomic E-state index is 0.300. The van der Waals surface area contributed by atoms with Crippen molar-refractivity contribution in [1.29, 1.82) is 0 Å². The molecule has 23 heavy (non-hydrogen) atoms. The van der Waals surface area contributed by atoms with Gasteiger partial charge in [-0.2, -0.15) is 0 Å². The van der Waals surface area contributed by atoms with E-state index in [1.165, 1.54) is 6.07 Å². The smallest absolute Gasteiger partial charge is 0.145 e. The van der Waals surface area contributed by atoms with Gasteiger partial charge in [-0.1, -0.05) is 11.6 Å². The number of ether oxygens (including phenoxy) is 2. The second kappa shape index (κ2) is 7.29. The van der Waals surface area contributed by atoms with E-state index in [2.05, 4.69) is 4.98 Å². The van der Waals surface area contributed by atoms with Gasteiger partial charge in [0.15, 0.2) is 0 Å². The third kappa shape index (κ3) is 3.90. The Labute approximate surface area is 138 Å². The van der Waals surface area contributed by atoms with E-state index in [1.807, 2.05) is 12.1 Å². The summed E-state index contributed by atoms with van der Waals surface area (Å²) in [4.78, 5) is 4.19. The summed E-state index contributed by atoms with van der Waals surface area (Å²) in [6, 6.07) is 13.6. The zero-order chi connectivity index (χ0) is 16.1. The molecule has 1 heterocycles. The van der Waals surface area contributed by atoms with Crippen LogP contribution in [0.25, 0.3) is 10.9 Å². The summed E-state index contributed by atoms with van der Waals surface area (Å²) < 4.78 is 25.0. The van der Waals surface area contributed by atoms with Crippen molar-refractivity contribution >= 4 is 22.5 Å². The molecule has 0 amide bonds. The third-order valence-corrected chi connectivity index (χ3v) is 3.56. The number of hydrogen-bond donors (Lipinski definition) is 0. The Kier molecular flexibility index (Phi) is 4.93. The summed E-state index contributed by atoms with van der Waals surface area (Å²) in [5.41, 5.74) is 0.533. The Morgan fingerprint density at radius 2 is 1.74 bits per heavy atom. The fourth-order valence-electron chi connectivity index (χ4n) is 2.19. The van der Waals surface area contributed by atoms with Crippen LogP contribution < -0.4 is 9.47 Å². The molecule has 0 aliphatic carbocycles. The first-order chi connectivity index (χ1) is 11.2. The van der Waals surface area contributed by atoms with Gasteiger partial charge in [-0.15, -0.1) is 0 Å². The monoisotopic (exact) mass is 331 g/mol. The molecule has 0 saturated carbocycles. The lowest BCUT2D eigenvalue weighted by Gasteiger charge is -2.10. The number of nitrogens with zero attached hydrogens (tertiary/aromatic N) is 1. The molecule has 1 aromatic heterocycles. The first-order valence-electron chi connectivity index (χ1n) is 7.28. The van der Waals surface area contributed by atoms with Gasteiger partial charge in [0.05, 0.1) is 13.2 Å². The average molecular weight is 332 g/mol. The van der Waals surface area contributed by atoms with E-state index in [0.717, 1.165) is 5.75 Å². The highest BCUT2D eigenvalue weighted by Crippen LogP contribution is 2.25. The van der Waals surface area contributed by atoms with Gasteiger partial charge in [0.1, 0.15) is 22.8 Å². The van der Waals surface area contributed by atoms with Crippen LogP contribution in [-0.4, -0.2) is 18.2 Å². The molecule has 0 spiro atoms. The van der Waals surface area contributed by atoms with Crippen molar-refractivity contribution in [1.82, 2.24) is 4.98 Å². The van der Waals surface area contributed by atoms with E-state index in [1.54, 1.807) is 36.5 Å². The van der Waals surface area contributed by atoms with Crippen molar-refractivity contribution in [3.05, 3.63) is 65.6 Å². The van der Waals surface area contributed by atoms with E-state index in [0.29, 0.717) is 41.3 Å². The summed E-state index contributed by atoms with van der Waals surface area (Å²) in [5.74, 6) is 1.04. The van der Waals surface area contributed by atoms with Crippen LogP contribution in [0.4, 0.5) is 4.39 Å². The summed E-state index contributed by atoms with van der Waals surface area (Å²) in [6.07, 6.45) is 2.33. The quantitative estimate of drug-likeness (QED) is 0.603. The Morgan fingerprint density at radius 3 is 2.57 bits per heavy atom. The number of rotatable bonds is 6. The van der Waals surface area contributed by atoms with E-state index >= 15 is 0 Å². The molecule has 3 rings (SSSR count). The second-order valence-electron chi connectivity index (χ2n) is 4.95. The van der Waals surface area contributed by atoms with Crippen molar-refractivity contribution in [2.75, 3.05) is 13.2 Å². The summed E-state index contributed by atoms with van der Waals surface area (Å²) in [6.45, 7) is 0.985. The number of aromatic nitrogens is 1. The van der Waals surface area contributed by atoms with Gasteiger partial charge in [0, 0.05) is 23.0 Å². The van der Waals surface area contributed by atoms with Crippen molar-refractivity contribution in [3.63, 3.8) is 0 Å². The van der Waals surface area contributed by atoms with Crippen LogP contribution in [0.3, 0.4) is 0 Å². The highest BCUT2D eigenvalue weighted by molar-refractivity contribution is 6.30. The van der Waals surface area contributed by atoms with Gasteiger partial charge in [-0.3, -0.25) is 4.98 Å². The molecule has 2 aromatic carbocycles. The number of hydrogen-bond acceptors (Lipinski definition) is 3. The highest BCUT2D eigenvalue weighted by Gasteiger charge is 2.07. The van der Waals surface area contributed by atoms with Crippen molar-refractivity contribution in [2.24, 2.45) is 0 Å². The normalized spacial score (nSPS) is 10.7. The van der Waals surface area contributed by atoms with Crippen LogP contribution in [0, 0.1) is 5.82 Å². The van der Waals surface area contributed by atoms with Crippen LogP contribution in [0.1, 0.15) is 6.42 Å². The minimum atomic E-state index is -0.300. The Balaban J connectivity index is 1.53. The number of fused-ring (bicyclic) bond motifs is 1. The van der Waals surface area contributed by atoms with Crippen LogP contribution in [0.5, 0.6) is 11.5 Å². The lowest BCUT2D eigenvalue weighted by molar-refractivity contribution is 0.248. The van der Waals surface area contributed by atoms with Crippen molar-refractivity contribution in [3.8, 4) is 11.5 Å². The molecular weight excluding hydrogens is 317 g/mol. The lowest BCUT2D eigenvalue weighted by atomic mass is 10.2. The number of halogens is 2. The predicted octanol–water partition coefficient (Wildman–Crippen LogP) is 4.88. The molecule has 3 nitrogen and oxygen atoms in total. The molecular formula is C18H15ClFNO2. The highest BCUT2D eigenvalue weighted by atomic mass is 35.5. The fraction of sp³-hybridized carbons (Fsp3) is 0.167. The standard InChI is InChI=1S/C18H15ClFNO2/c19-13-4-6-14(7-5-13)22-11-2-12-23-17-9-8-16(20)15-3-1-10-21-18(15)17/h1,3-10H,2,11-12H2. The lowest BCUT2D eigenvalue weighted by Crippen LogP contribution is -2.05. The van der Waals surface area contributed by atoms with Crippen molar-refractivity contribution in [2.45, 2.75) is 6.42 Å². The van der Waals surface area contributed by atoms with E-state index in [-0.39, 0.29) is 5.82 Å². The maximum atomic E-state index is 13.7. The zero-order valence-electron chi connectivity index (χ0n) is 12.3. The molecule has 118 valence electrons. The molecule has 0 fully saturated rings. The zero-order valence-corrected chi connectivity index (χ0v) is 13.1. The Bertz CT molecular complexity index is 793. The van der Waals surface area contributed by atoms with Crippen LogP contribution in [-0.2, 0) is 0 Å². The largest absolute Gasteiger partial charge is 0.493 e. The van der Waals surface area contributed by atoms with E-state index in [4.69, 9.17) is 21.1 Å². The van der Waals surface area contributed by atoms with Crippen molar-refractivity contribution < 1.29 is 13.9 Å². The van der Waals surface area contributed by atoms with Gasteiger partial charge in [0.25, 0.3) is 0 Å². The van der Waals surface area contributed by atoms with Gasteiger partial charge >= 0.3 is 0 Å². The number of benzene rings is 2. The second-order valence-corrected chi connectivity index (χ2v) is 5.39. The average Bonchev–Trinajstić information content (AvgIpc) is 2.58. The first kappa shape index (κ1) is 15.6. The topological polar surface area (TPSA) is 31.4 Å². The van der Waals surface area contributed by atoms with Gasteiger partial charge in [0.2, 0.25) is 0 Å². The molecule has 0 unspecified atom stereocenters. The minimum Gasteiger partial charge on any atom is -0.493 e. The molecule has 3 aromatic rings. The van der Waals surface area contributed by atoms with Crippen LogP contribution in [0.2, 0.25) is 5.02 Å². The maximum Gasteiger partial charge on any atom is 0.145 e. The fourth-order valence-corrected chi connectivity index (χ4v) is 2.32. The Morgan fingerprint density at radius 1 is 0.957 bits per heavy atom. The predicted molar refractivity (Wildman–Crippen MR) is 88.8 cm³/mol. The van der Waals surface area contributed by atoms with E-state index in [9.17, 15) is 4.39 Å². The van der Waals surface area contributed by atoms with E-state index < -0.39 is 0 Å². The molecule has 0 atom stereocenters. The SMILES string of the molecule is Fc1ccc(OCCCOc2ccc(Cl)cc2)c2ncccc12. The molecule has 0 saturated heterocycles. The van der Waals surface area contributed by atoms with Gasteiger partial charge in [-0.05, 0) is 48.5 Å². The van der Waals surface area contributed by atoms with Crippen LogP contribution in [0.15, 0.2) is 54.7 Å². The maximum absolute atomic E-state index is 13.7. The Hall–Kier alpha value is -2.33. The van der Waals surface area contributed by atoms with Crippen LogP contribution >= 0.6 is 11.6 Å².